The minimum absolute atomic E-state index is 0.287. The number of nitrogens with zero attached hydrogens (tertiary/aromatic N) is 1. The first-order valence-corrected chi connectivity index (χ1v) is 4.92. The third-order valence-electron chi connectivity index (χ3n) is 2.08. The van der Waals surface area contributed by atoms with Gasteiger partial charge in [-0.15, -0.1) is 0 Å². The van der Waals surface area contributed by atoms with Gasteiger partial charge in [0.1, 0.15) is 17.9 Å². The predicted octanol–water partition coefficient (Wildman–Crippen LogP) is 1.99. The third kappa shape index (κ3) is 2.25. The van der Waals surface area contributed by atoms with E-state index in [1.54, 1.807) is 13.1 Å². The Morgan fingerprint density at radius 2 is 2.13 bits per heavy atom. The number of hydrogen-bond acceptors (Lipinski definition) is 3. The minimum Gasteiger partial charge on any atom is -0.489 e. The maximum Gasteiger partial charge on any atom is 0.145 e. The molecule has 0 aliphatic heterocycles. The van der Waals surface area contributed by atoms with Crippen LogP contribution in [0, 0.1) is 0 Å². The summed E-state index contributed by atoms with van der Waals surface area (Å²) in [5, 5.41) is 10.2. The van der Waals surface area contributed by atoms with Gasteiger partial charge >= 0.3 is 0 Å². The molecule has 0 spiro atoms. The second kappa shape index (κ2) is 4.28. The molecule has 0 radical (unpaired) electrons. The van der Waals surface area contributed by atoms with Gasteiger partial charge < -0.3 is 9.84 Å². The topological polar surface area (TPSA) is 42.4 Å². The van der Waals surface area contributed by atoms with Crippen molar-refractivity contribution in [2.45, 2.75) is 13.0 Å². The molecule has 15 heavy (non-hydrogen) atoms. The van der Waals surface area contributed by atoms with Gasteiger partial charge in [0, 0.05) is 11.6 Å². The molecule has 3 nitrogen and oxygen atoms in total. The van der Waals surface area contributed by atoms with Crippen LogP contribution in [0.5, 0.6) is 5.75 Å². The summed E-state index contributed by atoms with van der Waals surface area (Å²) in [7, 11) is 0. The molecule has 0 bridgehead atoms. The number of fused-ring (bicyclic) bond motifs is 1. The fourth-order valence-electron chi connectivity index (χ4n) is 1.40. The molecular weight excluding hydrogens is 190 g/mol. The van der Waals surface area contributed by atoms with E-state index in [9.17, 15) is 0 Å². The number of pyridine rings is 1. The van der Waals surface area contributed by atoms with Gasteiger partial charge in [-0.3, -0.25) is 4.98 Å². The van der Waals surface area contributed by atoms with Crippen LogP contribution in [0.25, 0.3) is 10.9 Å². The van der Waals surface area contributed by atoms with Gasteiger partial charge in [-0.25, -0.2) is 0 Å². The molecule has 0 saturated heterocycles. The Hall–Kier alpha value is -1.61. The Labute approximate surface area is 88.3 Å². The lowest BCUT2D eigenvalue weighted by atomic mass is 10.2. The highest BCUT2D eigenvalue weighted by Crippen LogP contribution is 2.22. The number of para-hydroxylation sites is 1. The highest BCUT2D eigenvalue weighted by molar-refractivity contribution is 5.84. The maximum absolute atomic E-state index is 9.14. The average molecular weight is 203 g/mol. The Kier molecular flexibility index (Phi) is 2.83. The average Bonchev–Trinajstić information content (AvgIpc) is 2.26. The molecule has 3 heteroatoms. The monoisotopic (exact) mass is 203 g/mol. The Morgan fingerprint density at radius 3 is 2.93 bits per heavy atom. The number of hydrogen-bond donors (Lipinski definition) is 1. The van der Waals surface area contributed by atoms with E-state index in [1.165, 1.54) is 0 Å². The van der Waals surface area contributed by atoms with Crippen LogP contribution in [-0.2, 0) is 0 Å². The number of rotatable bonds is 3. The van der Waals surface area contributed by atoms with E-state index in [1.807, 2.05) is 30.3 Å². The van der Waals surface area contributed by atoms with Crippen molar-refractivity contribution < 1.29 is 9.84 Å². The van der Waals surface area contributed by atoms with Crippen LogP contribution < -0.4 is 4.74 Å². The number of aliphatic hydroxyl groups excluding tert-OH is 1. The van der Waals surface area contributed by atoms with E-state index in [0.29, 0.717) is 5.75 Å². The van der Waals surface area contributed by atoms with Crippen molar-refractivity contribution in [3.05, 3.63) is 36.5 Å². The lowest BCUT2D eigenvalue weighted by Gasteiger charge is -2.09. The molecule has 2 rings (SSSR count). The molecule has 2 aromatic rings. The van der Waals surface area contributed by atoms with Gasteiger partial charge in [-0.2, -0.15) is 0 Å². The van der Waals surface area contributed by atoms with E-state index < -0.39 is 6.10 Å². The lowest BCUT2D eigenvalue weighted by Crippen LogP contribution is -2.12. The number of aliphatic hydroxyl groups is 1. The molecule has 0 aliphatic carbocycles. The van der Waals surface area contributed by atoms with Crippen molar-refractivity contribution in [1.29, 1.82) is 0 Å². The predicted molar refractivity (Wildman–Crippen MR) is 58.9 cm³/mol. The third-order valence-corrected chi connectivity index (χ3v) is 2.08. The second-order valence-electron chi connectivity index (χ2n) is 3.49. The summed E-state index contributed by atoms with van der Waals surface area (Å²) in [6.07, 6.45) is 1.27. The van der Waals surface area contributed by atoms with Gasteiger partial charge in [0.2, 0.25) is 0 Å². The highest BCUT2D eigenvalue weighted by atomic mass is 16.5. The summed E-state index contributed by atoms with van der Waals surface area (Å²) in [6, 6.07) is 9.63. The molecule has 1 N–H and O–H groups in total. The van der Waals surface area contributed by atoms with Crippen LogP contribution >= 0.6 is 0 Å². The van der Waals surface area contributed by atoms with Crippen LogP contribution in [0.1, 0.15) is 6.92 Å². The van der Waals surface area contributed by atoms with Gasteiger partial charge in [-0.1, -0.05) is 18.2 Å². The largest absolute Gasteiger partial charge is 0.489 e. The Morgan fingerprint density at radius 1 is 1.33 bits per heavy atom. The lowest BCUT2D eigenvalue weighted by molar-refractivity contribution is 0.123. The SMILES string of the molecule is C[C@@H](O)COc1cccc2cccnc12. The zero-order chi connectivity index (χ0) is 10.7. The van der Waals surface area contributed by atoms with Gasteiger partial charge in [0.05, 0.1) is 6.10 Å². The number of benzene rings is 1. The fraction of sp³-hybridized carbons (Fsp3) is 0.250. The van der Waals surface area contributed by atoms with Crippen molar-refractivity contribution in [3.8, 4) is 5.75 Å². The summed E-state index contributed by atoms with van der Waals surface area (Å²) in [4.78, 5) is 4.25. The molecule has 1 aromatic heterocycles. The standard InChI is InChI=1S/C12H13NO2/c1-9(14)8-15-11-6-2-4-10-5-3-7-13-12(10)11/h2-7,9,14H,8H2,1H3/t9-/m1/s1. The van der Waals surface area contributed by atoms with Crippen LogP contribution in [0.2, 0.25) is 0 Å². The first kappa shape index (κ1) is 9.93. The van der Waals surface area contributed by atoms with Gasteiger partial charge in [-0.05, 0) is 19.1 Å². The minimum atomic E-state index is -0.469. The molecule has 1 atom stereocenters. The first-order chi connectivity index (χ1) is 7.27. The van der Waals surface area contributed by atoms with Gasteiger partial charge in [0.15, 0.2) is 0 Å². The van der Waals surface area contributed by atoms with Crippen molar-refractivity contribution in [3.63, 3.8) is 0 Å². The quantitative estimate of drug-likeness (QED) is 0.829. The Bertz CT molecular complexity index is 449. The smallest absolute Gasteiger partial charge is 0.145 e. The summed E-state index contributed by atoms with van der Waals surface area (Å²) in [5.41, 5.74) is 0.834. The van der Waals surface area contributed by atoms with Crippen LogP contribution in [-0.4, -0.2) is 22.8 Å². The fourth-order valence-corrected chi connectivity index (χ4v) is 1.40. The zero-order valence-corrected chi connectivity index (χ0v) is 8.55. The first-order valence-electron chi connectivity index (χ1n) is 4.92. The van der Waals surface area contributed by atoms with Crippen molar-refractivity contribution >= 4 is 10.9 Å². The normalized spacial score (nSPS) is 12.7. The zero-order valence-electron chi connectivity index (χ0n) is 8.55. The molecule has 0 aliphatic rings. The summed E-state index contributed by atoms with van der Waals surface area (Å²) in [6.45, 7) is 1.98. The van der Waals surface area contributed by atoms with E-state index in [2.05, 4.69) is 4.98 Å². The Balaban J connectivity index is 2.34. The van der Waals surface area contributed by atoms with E-state index >= 15 is 0 Å². The van der Waals surface area contributed by atoms with Crippen molar-refractivity contribution in [2.75, 3.05) is 6.61 Å². The van der Waals surface area contributed by atoms with Gasteiger partial charge in [0.25, 0.3) is 0 Å². The van der Waals surface area contributed by atoms with E-state index in [0.717, 1.165) is 10.9 Å². The summed E-state index contributed by atoms with van der Waals surface area (Å²) in [5.74, 6) is 0.717. The van der Waals surface area contributed by atoms with Crippen LogP contribution in [0.4, 0.5) is 0 Å². The van der Waals surface area contributed by atoms with Crippen LogP contribution in [0.15, 0.2) is 36.5 Å². The van der Waals surface area contributed by atoms with E-state index in [-0.39, 0.29) is 6.61 Å². The number of aromatic nitrogens is 1. The molecular formula is C12H13NO2. The van der Waals surface area contributed by atoms with Crippen LogP contribution in [0.3, 0.4) is 0 Å². The van der Waals surface area contributed by atoms with Crippen molar-refractivity contribution in [1.82, 2.24) is 4.98 Å². The molecule has 1 aromatic carbocycles. The van der Waals surface area contributed by atoms with E-state index in [4.69, 9.17) is 9.84 Å². The molecule has 0 amide bonds. The highest BCUT2D eigenvalue weighted by Gasteiger charge is 2.03. The molecule has 0 fully saturated rings. The summed E-state index contributed by atoms with van der Waals surface area (Å²) < 4.78 is 5.47. The molecule has 0 unspecified atom stereocenters. The molecule has 78 valence electrons. The van der Waals surface area contributed by atoms with Crippen molar-refractivity contribution in [2.24, 2.45) is 0 Å². The number of ether oxygens (including phenoxy) is 1. The maximum atomic E-state index is 9.14. The summed E-state index contributed by atoms with van der Waals surface area (Å²) >= 11 is 0. The second-order valence-corrected chi connectivity index (χ2v) is 3.49. The molecule has 1 heterocycles. The molecule has 0 saturated carbocycles.